The summed E-state index contributed by atoms with van der Waals surface area (Å²) in [7, 11) is 1.18. The number of benzene rings is 1. The zero-order valence-corrected chi connectivity index (χ0v) is 35.1. The number of aromatic amines is 2. The number of nitrogens with zero attached hydrogens (tertiary/aromatic N) is 5. The molecule has 0 bridgehead atoms. The van der Waals surface area contributed by atoms with Crippen LogP contribution in [0.2, 0.25) is 0 Å². The SMILES string of the molecule is CCCC1OC2=C(CCC(c3cnc(C4CCCN4C(=O)C(N)C(C)C)[nH]3)=C2)c2cc3cc(-c4cnc(C5CC(F)(F)CN5C(=O)C(NC(=O)OC)C(C)C)[nH]4)ccc3n21. The molecule has 1 aliphatic carbocycles. The number of H-pyrrole nitrogens is 2. The number of fused-ring (bicyclic) bond motifs is 4. The lowest BCUT2D eigenvalue weighted by Crippen LogP contribution is -2.51. The Bertz CT molecular complexity index is 2360. The van der Waals surface area contributed by atoms with E-state index in [0.29, 0.717) is 12.2 Å². The fourth-order valence-corrected chi connectivity index (χ4v) is 9.14. The van der Waals surface area contributed by atoms with E-state index in [0.717, 1.165) is 94.0 Å². The Kier molecular flexibility index (Phi) is 11.1. The summed E-state index contributed by atoms with van der Waals surface area (Å²) in [5.41, 5.74) is 13.0. The minimum atomic E-state index is -3.13. The Morgan fingerprint density at radius 1 is 1.00 bits per heavy atom. The van der Waals surface area contributed by atoms with Gasteiger partial charge in [0.15, 0.2) is 6.23 Å². The highest BCUT2D eigenvalue weighted by Crippen LogP contribution is 2.46. The largest absolute Gasteiger partial charge is 0.470 e. The fourth-order valence-electron chi connectivity index (χ4n) is 9.14. The molecule has 2 fully saturated rings. The van der Waals surface area contributed by atoms with Gasteiger partial charge in [-0.3, -0.25) is 9.59 Å². The Hall–Kier alpha value is -5.51. The van der Waals surface area contributed by atoms with Gasteiger partial charge in [0.1, 0.15) is 23.4 Å². The third kappa shape index (κ3) is 7.58. The van der Waals surface area contributed by atoms with Crippen LogP contribution in [-0.2, 0) is 19.1 Å². The molecule has 1 aromatic carbocycles. The van der Waals surface area contributed by atoms with Gasteiger partial charge in [-0.25, -0.2) is 23.5 Å². The second-order valence-corrected chi connectivity index (χ2v) is 17.3. The normalized spacial score (nSPS) is 22.2. The number of hydrogen-bond acceptors (Lipinski definition) is 8. The zero-order valence-electron chi connectivity index (χ0n) is 35.1. The Labute approximate surface area is 348 Å². The lowest BCUT2D eigenvalue weighted by atomic mass is 9.92. The van der Waals surface area contributed by atoms with Crippen LogP contribution in [0.1, 0.15) is 121 Å². The first-order chi connectivity index (χ1) is 28.7. The molecule has 14 nitrogen and oxygen atoms in total. The molecule has 5 N–H and O–H groups in total. The second kappa shape index (κ2) is 16.2. The number of rotatable bonds is 11. The number of carbonyl (C=O) groups excluding carboxylic acids is 3. The molecule has 320 valence electrons. The number of halogens is 2. The maximum absolute atomic E-state index is 15.0. The number of imidazole rings is 2. The average molecular weight is 828 g/mol. The highest BCUT2D eigenvalue weighted by Gasteiger charge is 2.50. The maximum atomic E-state index is 15.0. The van der Waals surface area contributed by atoms with E-state index in [-0.39, 0.29) is 35.8 Å². The number of alkyl carbamates (subject to hydrolysis) is 1. The molecule has 0 spiro atoms. The number of likely N-dealkylation sites (tertiary alicyclic amines) is 2. The number of ether oxygens (including phenoxy) is 2. The molecule has 3 aliphatic heterocycles. The summed E-state index contributed by atoms with van der Waals surface area (Å²) in [6.45, 7) is 9.42. The van der Waals surface area contributed by atoms with Gasteiger partial charge in [0.25, 0.3) is 5.92 Å². The van der Waals surface area contributed by atoms with Crippen LogP contribution in [0, 0.1) is 11.8 Å². The van der Waals surface area contributed by atoms with E-state index in [1.54, 1.807) is 20.0 Å². The van der Waals surface area contributed by atoms with E-state index in [2.05, 4.69) is 60.8 Å². The number of hydrogen-bond donors (Lipinski definition) is 4. The summed E-state index contributed by atoms with van der Waals surface area (Å²) in [6, 6.07) is 5.54. The molecular weight excluding hydrogens is 773 g/mol. The van der Waals surface area contributed by atoms with Gasteiger partial charge in [-0.1, -0.05) is 47.1 Å². The van der Waals surface area contributed by atoms with Gasteiger partial charge in [0.2, 0.25) is 11.8 Å². The standard InChI is InChI=1S/C44H55F2N9O5/c1-7-9-36-55-31-14-12-25(29-20-49-40(51-29)34-19-44(45,46)22-54(34)42(57)38(24(4)5)52-43(58)59-6)16-27(31)17-33(55)28-13-11-26(18-35(28)60-36)30-21-48-39(50-30)32-10-8-15-53(32)41(56)37(47)23(2)3/h12,14,16-18,20-21,23-24,32,34,36-38H,7-11,13,15,19,22,47H2,1-6H3,(H,48,50)(H,49,51)(H,52,58). The van der Waals surface area contributed by atoms with E-state index in [1.165, 1.54) is 7.11 Å². The summed E-state index contributed by atoms with van der Waals surface area (Å²) < 4.78 is 43.7. The van der Waals surface area contributed by atoms with E-state index >= 15 is 0 Å². The molecule has 8 rings (SSSR count). The van der Waals surface area contributed by atoms with E-state index < -0.39 is 49.0 Å². The Morgan fingerprint density at radius 3 is 2.45 bits per heavy atom. The maximum Gasteiger partial charge on any atom is 0.407 e. The van der Waals surface area contributed by atoms with Gasteiger partial charge in [0.05, 0.1) is 66.8 Å². The zero-order chi connectivity index (χ0) is 42.6. The Balaban J connectivity index is 1.06. The highest BCUT2D eigenvalue weighted by atomic mass is 19.3. The van der Waals surface area contributed by atoms with Gasteiger partial charge >= 0.3 is 6.09 Å². The smallest absolute Gasteiger partial charge is 0.407 e. The van der Waals surface area contributed by atoms with Gasteiger partial charge in [-0.15, -0.1) is 0 Å². The molecule has 0 radical (unpaired) electrons. The minimum Gasteiger partial charge on any atom is -0.470 e. The third-order valence-electron chi connectivity index (χ3n) is 12.4. The number of carbonyl (C=O) groups is 3. The fraction of sp³-hybridized carbons (Fsp3) is 0.523. The van der Waals surface area contributed by atoms with Crippen molar-refractivity contribution in [1.82, 2.24) is 39.6 Å². The first-order valence-corrected chi connectivity index (χ1v) is 21.1. The lowest BCUT2D eigenvalue weighted by molar-refractivity contribution is -0.137. The molecule has 3 amide bonds. The summed E-state index contributed by atoms with van der Waals surface area (Å²) in [5, 5.41) is 3.50. The lowest BCUT2D eigenvalue weighted by Gasteiger charge is -2.33. The first-order valence-electron chi connectivity index (χ1n) is 21.1. The van der Waals surface area contributed by atoms with Crippen molar-refractivity contribution in [2.45, 2.75) is 116 Å². The number of allylic oxidation sites excluding steroid dienone is 3. The number of amides is 3. The summed E-state index contributed by atoms with van der Waals surface area (Å²) in [4.78, 5) is 57.9. The molecule has 3 aromatic heterocycles. The van der Waals surface area contributed by atoms with Crippen molar-refractivity contribution in [3.8, 4) is 11.3 Å². The van der Waals surface area contributed by atoms with Crippen LogP contribution in [0.5, 0.6) is 0 Å². The quantitative estimate of drug-likeness (QED) is 0.119. The van der Waals surface area contributed by atoms with Gasteiger partial charge in [-0.05, 0) is 67.4 Å². The topological polar surface area (TPSA) is 176 Å². The number of aromatic nitrogens is 5. The molecule has 2 saturated heterocycles. The van der Waals surface area contributed by atoms with Crippen molar-refractivity contribution in [1.29, 1.82) is 0 Å². The van der Waals surface area contributed by atoms with Crippen molar-refractivity contribution in [2.75, 3.05) is 20.2 Å². The third-order valence-corrected chi connectivity index (χ3v) is 12.4. The summed E-state index contributed by atoms with van der Waals surface area (Å²) in [6.07, 6.45) is 8.95. The van der Waals surface area contributed by atoms with Crippen LogP contribution in [0.3, 0.4) is 0 Å². The highest BCUT2D eigenvalue weighted by molar-refractivity contribution is 5.92. The van der Waals surface area contributed by atoms with Crippen LogP contribution >= 0.6 is 0 Å². The molecule has 5 atom stereocenters. The predicted molar refractivity (Wildman–Crippen MR) is 222 cm³/mol. The van der Waals surface area contributed by atoms with Crippen LogP contribution in [-0.4, -0.2) is 90.4 Å². The van der Waals surface area contributed by atoms with Crippen molar-refractivity contribution in [3.05, 3.63) is 71.5 Å². The van der Waals surface area contributed by atoms with Gasteiger partial charge < -0.3 is 44.9 Å². The van der Waals surface area contributed by atoms with Crippen molar-refractivity contribution in [3.63, 3.8) is 0 Å². The molecule has 4 aromatic rings. The van der Waals surface area contributed by atoms with Crippen LogP contribution in [0.4, 0.5) is 13.6 Å². The Morgan fingerprint density at radius 2 is 1.73 bits per heavy atom. The monoisotopic (exact) mass is 827 g/mol. The van der Waals surface area contributed by atoms with Crippen molar-refractivity contribution < 1.29 is 32.6 Å². The van der Waals surface area contributed by atoms with Crippen molar-refractivity contribution >= 4 is 40.0 Å². The second-order valence-electron chi connectivity index (χ2n) is 17.3. The summed E-state index contributed by atoms with van der Waals surface area (Å²) >= 11 is 0. The van der Waals surface area contributed by atoms with E-state index in [4.69, 9.17) is 15.5 Å². The van der Waals surface area contributed by atoms with Crippen molar-refractivity contribution in [2.24, 2.45) is 17.6 Å². The van der Waals surface area contributed by atoms with E-state index in [9.17, 15) is 23.2 Å². The van der Waals surface area contributed by atoms with Gasteiger partial charge in [0, 0.05) is 35.9 Å². The molecule has 5 unspecified atom stereocenters. The van der Waals surface area contributed by atoms with Crippen LogP contribution in [0.25, 0.3) is 33.3 Å². The molecular formula is C44H55F2N9O5. The molecule has 0 saturated carbocycles. The number of nitrogens with two attached hydrogens (primary N) is 1. The average Bonchev–Trinajstić information content (AvgIpc) is 4.07. The molecule has 60 heavy (non-hydrogen) atoms. The van der Waals surface area contributed by atoms with E-state index in [1.807, 2.05) is 31.0 Å². The summed E-state index contributed by atoms with van der Waals surface area (Å²) in [5.74, 6) is -2.24. The predicted octanol–water partition coefficient (Wildman–Crippen LogP) is 7.61. The molecule has 4 aliphatic rings. The molecule has 16 heteroatoms. The number of alkyl halides is 2. The number of methoxy groups -OCH3 is 1. The van der Waals surface area contributed by atoms with Crippen LogP contribution in [0.15, 0.2) is 48.5 Å². The molecule has 6 heterocycles. The number of nitrogens with one attached hydrogen (secondary N) is 3. The first kappa shape index (κ1) is 41.2. The van der Waals surface area contributed by atoms with Crippen LogP contribution < -0.4 is 11.1 Å². The van der Waals surface area contributed by atoms with Gasteiger partial charge in [-0.2, -0.15) is 0 Å². The minimum absolute atomic E-state index is 0.0322.